The molecule has 0 atom stereocenters. The van der Waals surface area contributed by atoms with Crippen molar-refractivity contribution in [1.82, 2.24) is 5.32 Å². The lowest BCUT2D eigenvalue weighted by atomic mass is 10.4. The van der Waals surface area contributed by atoms with E-state index in [2.05, 4.69) is 5.32 Å². The third-order valence-electron chi connectivity index (χ3n) is 2.12. The van der Waals surface area contributed by atoms with Gasteiger partial charge < -0.3 is 5.32 Å². The van der Waals surface area contributed by atoms with Crippen molar-refractivity contribution in [1.29, 1.82) is 0 Å². The Bertz CT molecular complexity index is 499. The SMILES string of the molecule is CC(=O)NCCCS(=O)(=O)c1cccc(F)c1. The molecule has 0 aliphatic rings. The molecule has 4 nitrogen and oxygen atoms in total. The van der Waals surface area contributed by atoms with E-state index in [0.29, 0.717) is 13.0 Å². The Morgan fingerprint density at radius 2 is 2.12 bits per heavy atom. The molecule has 0 saturated carbocycles. The van der Waals surface area contributed by atoms with Crippen LogP contribution in [0.3, 0.4) is 0 Å². The number of nitrogens with one attached hydrogen (secondary N) is 1. The van der Waals surface area contributed by atoms with Gasteiger partial charge in [0.05, 0.1) is 10.6 Å². The van der Waals surface area contributed by atoms with Crippen molar-refractivity contribution in [3.63, 3.8) is 0 Å². The molecule has 0 unspecified atom stereocenters. The number of amides is 1. The molecular formula is C11H14FNO3S. The Kier molecular flexibility index (Phi) is 4.62. The molecule has 0 aliphatic heterocycles. The molecule has 0 fully saturated rings. The predicted molar refractivity (Wildman–Crippen MR) is 61.8 cm³/mol. The Morgan fingerprint density at radius 1 is 1.41 bits per heavy atom. The summed E-state index contributed by atoms with van der Waals surface area (Å²) in [6, 6.07) is 4.90. The molecule has 1 aromatic rings. The van der Waals surface area contributed by atoms with Gasteiger partial charge in [-0.1, -0.05) is 6.07 Å². The van der Waals surface area contributed by atoms with Crippen LogP contribution in [0.25, 0.3) is 0 Å². The van der Waals surface area contributed by atoms with Gasteiger partial charge in [-0.15, -0.1) is 0 Å². The summed E-state index contributed by atoms with van der Waals surface area (Å²) in [5.41, 5.74) is 0. The van der Waals surface area contributed by atoms with Crippen molar-refractivity contribution in [2.45, 2.75) is 18.2 Å². The van der Waals surface area contributed by atoms with E-state index in [1.54, 1.807) is 0 Å². The molecule has 6 heteroatoms. The van der Waals surface area contributed by atoms with Crippen LogP contribution in [0, 0.1) is 5.82 Å². The van der Waals surface area contributed by atoms with Gasteiger partial charge >= 0.3 is 0 Å². The molecular weight excluding hydrogens is 245 g/mol. The normalized spacial score (nSPS) is 11.2. The number of hydrogen-bond donors (Lipinski definition) is 1. The van der Waals surface area contributed by atoms with E-state index in [9.17, 15) is 17.6 Å². The Hall–Kier alpha value is -1.43. The molecule has 0 aliphatic carbocycles. The monoisotopic (exact) mass is 259 g/mol. The second kappa shape index (κ2) is 5.77. The summed E-state index contributed by atoms with van der Waals surface area (Å²) in [7, 11) is -3.47. The lowest BCUT2D eigenvalue weighted by Crippen LogP contribution is -2.23. The first-order valence-electron chi connectivity index (χ1n) is 5.14. The number of hydrogen-bond acceptors (Lipinski definition) is 3. The van der Waals surface area contributed by atoms with Crippen LogP contribution in [0.5, 0.6) is 0 Å². The van der Waals surface area contributed by atoms with Gasteiger partial charge in [-0.25, -0.2) is 12.8 Å². The molecule has 1 N–H and O–H groups in total. The van der Waals surface area contributed by atoms with Gasteiger partial charge in [-0.2, -0.15) is 0 Å². The van der Waals surface area contributed by atoms with E-state index < -0.39 is 15.7 Å². The topological polar surface area (TPSA) is 63.2 Å². The van der Waals surface area contributed by atoms with Crippen LogP contribution in [0.1, 0.15) is 13.3 Å². The summed E-state index contributed by atoms with van der Waals surface area (Å²) in [4.78, 5) is 10.5. The molecule has 1 amide bonds. The fourth-order valence-corrected chi connectivity index (χ4v) is 2.64. The van der Waals surface area contributed by atoms with Crippen molar-refractivity contribution in [3.8, 4) is 0 Å². The number of sulfone groups is 1. The Balaban J connectivity index is 2.60. The van der Waals surface area contributed by atoms with E-state index in [1.165, 1.54) is 25.1 Å². The first-order chi connectivity index (χ1) is 7.92. The highest BCUT2D eigenvalue weighted by Crippen LogP contribution is 2.13. The third-order valence-corrected chi connectivity index (χ3v) is 3.92. The lowest BCUT2D eigenvalue weighted by molar-refractivity contribution is -0.118. The van der Waals surface area contributed by atoms with Crippen LogP contribution in [-0.4, -0.2) is 26.6 Å². The molecule has 0 aromatic heterocycles. The smallest absolute Gasteiger partial charge is 0.216 e. The number of halogens is 1. The first-order valence-corrected chi connectivity index (χ1v) is 6.80. The number of benzene rings is 1. The number of carbonyl (C=O) groups is 1. The largest absolute Gasteiger partial charge is 0.356 e. The van der Waals surface area contributed by atoms with Gasteiger partial charge in [-0.05, 0) is 24.6 Å². The molecule has 0 spiro atoms. The van der Waals surface area contributed by atoms with Gasteiger partial charge in [0.15, 0.2) is 9.84 Å². The summed E-state index contributed by atoms with van der Waals surface area (Å²) in [5.74, 6) is -0.891. The molecule has 0 radical (unpaired) electrons. The van der Waals surface area contributed by atoms with E-state index >= 15 is 0 Å². The maximum atomic E-state index is 12.9. The summed E-state index contributed by atoms with van der Waals surface area (Å²) < 4.78 is 36.4. The molecule has 94 valence electrons. The lowest BCUT2D eigenvalue weighted by Gasteiger charge is -2.05. The fourth-order valence-electron chi connectivity index (χ4n) is 1.30. The van der Waals surface area contributed by atoms with Crippen molar-refractivity contribution in [3.05, 3.63) is 30.1 Å². The number of carbonyl (C=O) groups excluding carboxylic acids is 1. The Morgan fingerprint density at radius 3 is 2.71 bits per heavy atom. The van der Waals surface area contributed by atoms with Crippen molar-refractivity contribution < 1.29 is 17.6 Å². The minimum Gasteiger partial charge on any atom is -0.356 e. The zero-order valence-electron chi connectivity index (χ0n) is 9.44. The minimum absolute atomic E-state index is 0.0275. The highest BCUT2D eigenvalue weighted by Gasteiger charge is 2.14. The highest BCUT2D eigenvalue weighted by molar-refractivity contribution is 7.91. The maximum Gasteiger partial charge on any atom is 0.216 e. The van der Waals surface area contributed by atoms with Gasteiger partial charge in [0.25, 0.3) is 0 Å². The second-order valence-corrected chi connectivity index (χ2v) is 5.72. The second-order valence-electron chi connectivity index (χ2n) is 3.61. The first kappa shape index (κ1) is 13.6. The van der Waals surface area contributed by atoms with Crippen LogP contribution in [0.15, 0.2) is 29.2 Å². The highest BCUT2D eigenvalue weighted by atomic mass is 32.2. The van der Waals surface area contributed by atoms with Crippen molar-refractivity contribution >= 4 is 15.7 Å². The van der Waals surface area contributed by atoms with Crippen molar-refractivity contribution in [2.24, 2.45) is 0 Å². The zero-order valence-corrected chi connectivity index (χ0v) is 10.3. The van der Waals surface area contributed by atoms with E-state index in [-0.39, 0.29) is 16.6 Å². The van der Waals surface area contributed by atoms with E-state index in [4.69, 9.17) is 0 Å². The van der Waals surface area contributed by atoms with Crippen LogP contribution >= 0.6 is 0 Å². The van der Waals surface area contributed by atoms with Gasteiger partial charge in [0.1, 0.15) is 5.82 Å². The zero-order chi connectivity index (χ0) is 12.9. The summed E-state index contributed by atoms with van der Waals surface area (Å²) in [5, 5.41) is 2.50. The van der Waals surface area contributed by atoms with Crippen LogP contribution < -0.4 is 5.32 Å². The summed E-state index contributed by atoms with van der Waals surface area (Å²) in [6.45, 7) is 1.66. The molecule has 0 bridgehead atoms. The quantitative estimate of drug-likeness (QED) is 0.806. The van der Waals surface area contributed by atoms with Crippen LogP contribution in [0.4, 0.5) is 4.39 Å². The molecule has 0 saturated heterocycles. The molecule has 0 heterocycles. The summed E-state index contributed by atoms with van der Waals surface area (Å²) >= 11 is 0. The molecule has 17 heavy (non-hydrogen) atoms. The van der Waals surface area contributed by atoms with E-state index in [1.807, 2.05) is 0 Å². The number of rotatable bonds is 5. The van der Waals surface area contributed by atoms with Crippen molar-refractivity contribution in [2.75, 3.05) is 12.3 Å². The Labute approximate surface area is 99.8 Å². The van der Waals surface area contributed by atoms with Crippen LogP contribution in [0.2, 0.25) is 0 Å². The maximum absolute atomic E-state index is 12.9. The molecule has 1 rings (SSSR count). The third kappa shape index (κ3) is 4.52. The van der Waals surface area contributed by atoms with Gasteiger partial charge in [0.2, 0.25) is 5.91 Å². The summed E-state index contributed by atoms with van der Waals surface area (Å²) in [6.07, 6.45) is 0.304. The van der Waals surface area contributed by atoms with E-state index in [0.717, 1.165) is 6.07 Å². The molecule has 1 aromatic carbocycles. The fraction of sp³-hybridized carbons (Fsp3) is 0.364. The predicted octanol–water partition coefficient (Wildman–Crippen LogP) is 1.13. The minimum atomic E-state index is -3.47. The van der Waals surface area contributed by atoms with Crippen LogP contribution in [-0.2, 0) is 14.6 Å². The van der Waals surface area contributed by atoms with Gasteiger partial charge in [-0.3, -0.25) is 4.79 Å². The average molecular weight is 259 g/mol. The standard InChI is InChI=1S/C11H14FNO3S/c1-9(14)13-6-3-7-17(15,16)11-5-2-4-10(12)8-11/h2,4-5,8H,3,6-7H2,1H3,(H,13,14). The average Bonchev–Trinajstić information content (AvgIpc) is 2.24. The van der Waals surface area contributed by atoms with Gasteiger partial charge in [0, 0.05) is 13.5 Å².